The summed E-state index contributed by atoms with van der Waals surface area (Å²) >= 11 is 0. The molecule has 0 aliphatic carbocycles. The molecule has 7 nitrogen and oxygen atoms in total. The molecule has 1 aliphatic rings. The third-order valence-corrected chi connectivity index (χ3v) is 5.28. The maximum Gasteiger partial charge on any atom is 0.340 e. The van der Waals surface area contributed by atoms with Gasteiger partial charge in [-0.2, -0.15) is 0 Å². The van der Waals surface area contributed by atoms with Crippen LogP contribution in [0.25, 0.3) is 0 Å². The third-order valence-electron chi connectivity index (χ3n) is 5.28. The Morgan fingerprint density at radius 1 is 1.12 bits per heavy atom. The molecule has 3 rings (SSSR count). The molecule has 1 aliphatic heterocycles. The van der Waals surface area contributed by atoms with Crippen molar-refractivity contribution in [3.63, 3.8) is 0 Å². The van der Waals surface area contributed by atoms with Gasteiger partial charge in [-0.1, -0.05) is 26.0 Å². The minimum absolute atomic E-state index is 0.122. The van der Waals surface area contributed by atoms with Gasteiger partial charge in [-0.05, 0) is 55.2 Å². The molecule has 172 valence electrons. The van der Waals surface area contributed by atoms with Crippen LogP contribution in [0.15, 0.2) is 36.4 Å². The molecule has 2 aromatic rings. The first-order chi connectivity index (χ1) is 15.4. The van der Waals surface area contributed by atoms with Crippen molar-refractivity contribution in [3.8, 4) is 5.75 Å². The Labute approximate surface area is 189 Å². The molecule has 1 heterocycles. The van der Waals surface area contributed by atoms with Crippen LogP contribution in [0.2, 0.25) is 0 Å². The van der Waals surface area contributed by atoms with Gasteiger partial charge in [-0.15, -0.1) is 0 Å². The van der Waals surface area contributed by atoms with E-state index in [1.807, 2.05) is 31.2 Å². The number of nitrogens with one attached hydrogen (secondary N) is 1. The average Bonchev–Trinajstić information content (AvgIpc) is 2.78. The Morgan fingerprint density at radius 2 is 1.88 bits per heavy atom. The molecule has 2 aromatic carbocycles. The minimum Gasteiger partial charge on any atom is -0.483 e. The van der Waals surface area contributed by atoms with Gasteiger partial charge in [0.1, 0.15) is 5.75 Å². The van der Waals surface area contributed by atoms with Crippen molar-refractivity contribution in [2.45, 2.75) is 33.6 Å². The molecule has 0 spiro atoms. The van der Waals surface area contributed by atoms with Crippen molar-refractivity contribution in [1.29, 1.82) is 0 Å². The number of hydrogen-bond donors (Lipinski definition) is 1. The van der Waals surface area contributed by atoms with E-state index in [0.717, 1.165) is 16.8 Å². The van der Waals surface area contributed by atoms with Gasteiger partial charge in [0.2, 0.25) is 0 Å². The van der Waals surface area contributed by atoms with Crippen LogP contribution < -0.4 is 15.0 Å². The molecule has 0 aromatic heterocycles. The monoisotopic (exact) mass is 440 g/mol. The highest BCUT2D eigenvalue weighted by molar-refractivity contribution is 5.99. The molecular formula is C25H32N2O5. The van der Waals surface area contributed by atoms with Crippen molar-refractivity contribution >= 4 is 23.3 Å². The fourth-order valence-corrected chi connectivity index (χ4v) is 3.65. The van der Waals surface area contributed by atoms with E-state index in [0.29, 0.717) is 43.3 Å². The zero-order chi connectivity index (χ0) is 23.1. The van der Waals surface area contributed by atoms with Crippen LogP contribution in [-0.4, -0.2) is 51.4 Å². The Kier molecular flexibility index (Phi) is 8.11. The number of esters is 1. The number of morpholine rings is 1. The molecule has 0 atom stereocenters. The van der Waals surface area contributed by atoms with Gasteiger partial charge >= 0.3 is 5.97 Å². The molecule has 1 N–H and O–H groups in total. The number of nitrogens with zero attached hydrogens (tertiary/aromatic N) is 1. The maximum absolute atomic E-state index is 12.6. The van der Waals surface area contributed by atoms with E-state index >= 15 is 0 Å². The summed E-state index contributed by atoms with van der Waals surface area (Å²) in [6, 6.07) is 11.3. The van der Waals surface area contributed by atoms with Crippen molar-refractivity contribution in [2.75, 3.05) is 49.7 Å². The van der Waals surface area contributed by atoms with E-state index in [9.17, 15) is 9.59 Å². The third kappa shape index (κ3) is 6.01. The molecule has 1 saturated heterocycles. The lowest BCUT2D eigenvalue weighted by atomic mass is 10.0. The second-order valence-corrected chi connectivity index (χ2v) is 8.08. The van der Waals surface area contributed by atoms with Gasteiger partial charge in [0.15, 0.2) is 6.61 Å². The number of carbonyl (C=O) groups excluding carboxylic acids is 2. The predicted molar refractivity (Wildman–Crippen MR) is 125 cm³/mol. The maximum atomic E-state index is 12.6. The van der Waals surface area contributed by atoms with Crippen LogP contribution in [0.3, 0.4) is 0 Å². The highest BCUT2D eigenvalue weighted by Crippen LogP contribution is 2.28. The summed E-state index contributed by atoms with van der Waals surface area (Å²) in [5, 5.41) is 2.83. The zero-order valence-corrected chi connectivity index (χ0v) is 19.3. The lowest BCUT2D eigenvalue weighted by Crippen LogP contribution is -2.37. The highest BCUT2D eigenvalue weighted by Gasteiger charge is 2.21. The number of benzene rings is 2. The Hall–Kier alpha value is -3.06. The first-order valence-corrected chi connectivity index (χ1v) is 11.1. The molecule has 7 heteroatoms. The summed E-state index contributed by atoms with van der Waals surface area (Å²) in [4.78, 5) is 27.2. The van der Waals surface area contributed by atoms with Gasteiger partial charge < -0.3 is 24.4 Å². The SMILES string of the molecule is CCOC(=O)c1cc(NC(=O)COc2cc(C)ccc2C(C)C)ccc1N1CCOCC1. The number of hydrogen-bond acceptors (Lipinski definition) is 6. The van der Waals surface area contributed by atoms with E-state index in [-0.39, 0.29) is 25.0 Å². The average molecular weight is 441 g/mol. The Balaban J connectivity index is 1.72. The summed E-state index contributed by atoms with van der Waals surface area (Å²) in [6.07, 6.45) is 0. The van der Waals surface area contributed by atoms with Gasteiger partial charge in [0.25, 0.3) is 5.91 Å². The minimum atomic E-state index is -0.414. The van der Waals surface area contributed by atoms with Gasteiger partial charge in [0.05, 0.1) is 31.1 Å². The summed E-state index contributed by atoms with van der Waals surface area (Å²) in [5.41, 5.74) is 3.85. The number of carbonyl (C=O) groups is 2. The second-order valence-electron chi connectivity index (χ2n) is 8.08. The lowest BCUT2D eigenvalue weighted by molar-refractivity contribution is -0.118. The van der Waals surface area contributed by atoms with Crippen LogP contribution in [0.1, 0.15) is 48.2 Å². The first-order valence-electron chi connectivity index (χ1n) is 11.1. The molecule has 1 amide bonds. The molecule has 0 saturated carbocycles. The fraction of sp³-hybridized carbons (Fsp3) is 0.440. The standard InChI is InChI=1S/C25H32N2O5/c1-5-31-25(29)21-15-19(7-9-22(21)27-10-12-30-13-11-27)26-24(28)16-32-23-14-18(4)6-8-20(23)17(2)3/h6-9,14-15,17H,5,10-13,16H2,1-4H3,(H,26,28). The summed E-state index contributed by atoms with van der Waals surface area (Å²) in [6.45, 7) is 10.7. The van der Waals surface area contributed by atoms with Gasteiger partial charge in [-0.3, -0.25) is 4.79 Å². The number of aryl methyl sites for hydroxylation is 1. The second kappa shape index (κ2) is 11.0. The zero-order valence-electron chi connectivity index (χ0n) is 19.3. The summed E-state index contributed by atoms with van der Waals surface area (Å²) < 4.78 is 16.5. The van der Waals surface area contributed by atoms with Crippen molar-refractivity contribution in [1.82, 2.24) is 0 Å². The normalized spacial score (nSPS) is 13.7. The fourth-order valence-electron chi connectivity index (χ4n) is 3.65. The molecular weight excluding hydrogens is 408 g/mol. The van der Waals surface area contributed by atoms with E-state index < -0.39 is 5.97 Å². The predicted octanol–water partition coefficient (Wildman–Crippen LogP) is 4.15. The van der Waals surface area contributed by atoms with Crippen molar-refractivity contribution in [2.24, 2.45) is 0 Å². The van der Waals surface area contributed by atoms with E-state index in [1.54, 1.807) is 19.1 Å². The van der Waals surface area contributed by atoms with Crippen molar-refractivity contribution in [3.05, 3.63) is 53.1 Å². The van der Waals surface area contributed by atoms with E-state index in [1.165, 1.54) is 0 Å². The van der Waals surface area contributed by atoms with Crippen LogP contribution in [0.4, 0.5) is 11.4 Å². The van der Waals surface area contributed by atoms with Gasteiger partial charge in [-0.25, -0.2) is 4.79 Å². The highest BCUT2D eigenvalue weighted by atomic mass is 16.5. The summed E-state index contributed by atoms with van der Waals surface area (Å²) in [5.74, 6) is 0.288. The Morgan fingerprint density at radius 3 is 2.56 bits per heavy atom. The first kappa shape index (κ1) is 23.6. The smallest absolute Gasteiger partial charge is 0.340 e. The Bertz CT molecular complexity index is 951. The van der Waals surface area contributed by atoms with Crippen LogP contribution in [0.5, 0.6) is 5.75 Å². The topological polar surface area (TPSA) is 77.1 Å². The number of rotatable bonds is 8. The van der Waals surface area contributed by atoms with Crippen LogP contribution >= 0.6 is 0 Å². The molecule has 0 unspecified atom stereocenters. The van der Waals surface area contributed by atoms with Crippen LogP contribution in [-0.2, 0) is 14.3 Å². The molecule has 1 fully saturated rings. The summed E-state index contributed by atoms with van der Waals surface area (Å²) in [7, 11) is 0. The number of ether oxygens (including phenoxy) is 3. The number of amides is 1. The van der Waals surface area contributed by atoms with Crippen molar-refractivity contribution < 1.29 is 23.8 Å². The molecule has 0 radical (unpaired) electrons. The molecule has 0 bridgehead atoms. The van der Waals surface area contributed by atoms with Crippen LogP contribution in [0, 0.1) is 6.92 Å². The van der Waals surface area contributed by atoms with Gasteiger partial charge in [0, 0.05) is 18.8 Å². The van der Waals surface area contributed by atoms with E-state index in [4.69, 9.17) is 14.2 Å². The molecule has 32 heavy (non-hydrogen) atoms. The van der Waals surface area contributed by atoms with E-state index in [2.05, 4.69) is 24.1 Å². The quantitative estimate of drug-likeness (QED) is 0.622. The lowest BCUT2D eigenvalue weighted by Gasteiger charge is -2.30. The largest absolute Gasteiger partial charge is 0.483 e. The number of anilines is 2.